The first-order valence-electron chi connectivity index (χ1n) is 6.69. The van der Waals surface area contributed by atoms with Gasteiger partial charge >= 0.3 is 0 Å². The predicted octanol–water partition coefficient (Wildman–Crippen LogP) is 1.96. The van der Waals surface area contributed by atoms with Crippen molar-refractivity contribution in [3.63, 3.8) is 0 Å². The van der Waals surface area contributed by atoms with Gasteiger partial charge in [0.2, 0.25) is 15.9 Å². The summed E-state index contributed by atoms with van der Waals surface area (Å²) in [6, 6.07) is 5.70. The smallest absolute Gasteiger partial charge is 0.239 e. The zero-order chi connectivity index (χ0) is 15.2. The number of hydrogen-bond donors (Lipinski definition) is 2. The Labute approximate surface area is 120 Å². The Hall–Kier alpha value is -1.40. The van der Waals surface area contributed by atoms with Gasteiger partial charge in [0.05, 0.1) is 12.3 Å². The van der Waals surface area contributed by atoms with E-state index in [0.717, 1.165) is 23.2 Å². The molecule has 0 bridgehead atoms. The largest absolute Gasteiger partial charge is 0.324 e. The first-order chi connectivity index (χ1) is 9.35. The molecule has 0 saturated heterocycles. The number of sulfonamides is 1. The van der Waals surface area contributed by atoms with Crippen LogP contribution in [-0.2, 0) is 14.8 Å². The monoisotopic (exact) mass is 298 g/mol. The molecule has 1 amide bonds. The summed E-state index contributed by atoms with van der Waals surface area (Å²) in [7, 11) is -3.36. The second kappa shape index (κ2) is 7.40. The molecule has 5 nitrogen and oxygen atoms in total. The Morgan fingerprint density at radius 2 is 1.80 bits per heavy atom. The average Bonchev–Trinajstić information content (AvgIpc) is 2.39. The van der Waals surface area contributed by atoms with Gasteiger partial charge in [-0.25, -0.2) is 13.1 Å². The van der Waals surface area contributed by atoms with Crippen LogP contribution in [0.5, 0.6) is 0 Å². The summed E-state index contributed by atoms with van der Waals surface area (Å²) in [5, 5.41) is 2.74. The van der Waals surface area contributed by atoms with Crippen LogP contribution < -0.4 is 10.0 Å². The molecule has 0 heterocycles. The van der Waals surface area contributed by atoms with E-state index in [1.165, 1.54) is 0 Å². The molecule has 0 aliphatic heterocycles. The second-order valence-electron chi connectivity index (χ2n) is 4.81. The van der Waals surface area contributed by atoms with E-state index in [1.54, 1.807) is 0 Å². The molecule has 2 N–H and O–H groups in total. The Morgan fingerprint density at radius 1 is 1.20 bits per heavy atom. The minimum atomic E-state index is -3.36. The standard InChI is InChI=1S/C14H22N2O3S/c1-4-5-9-20(18,19)15-10-13(17)16-14-11(2)7-6-8-12(14)3/h6-8,15H,4-5,9-10H2,1-3H3,(H,16,17). The van der Waals surface area contributed by atoms with Crippen LogP contribution in [0.25, 0.3) is 0 Å². The lowest BCUT2D eigenvalue weighted by Crippen LogP contribution is -2.34. The molecule has 1 aromatic rings. The summed E-state index contributed by atoms with van der Waals surface area (Å²) in [4.78, 5) is 11.8. The highest BCUT2D eigenvalue weighted by atomic mass is 32.2. The predicted molar refractivity (Wildman–Crippen MR) is 81.2 cm³/mol. The molecule has 20 heavy (non-hydrogen) atoms. The van der Waals surface area contributed by atoms with Crippen molar-refractivity contribution in [1.82, 2.24) is 4.72 Å². The van der Waals surface area contributed by atoms with Crippen LogP contribution in [0.2, 0.25) is 0 Å². The van der Waals surface area contributed by atoms with Crippen molar-refractivity contribution in [3.8, 4) is 0 Å². The molecule has 0 saturated carbocycles. The highest BCUT2D eigenvalue weighted by Crippen LogP contribution is 2.18. The van der Waals surface area contributed by atoms with E-state index in [0.29, 0.717) is 6.42 Å². The molecule has 1 rings (SSSR count). The summed E-state index contributed by atoms with van der Waals surface area (Å²) >= 11 is 0. The minimum absolute atomic E-state index is 0.0557. The fraction of sp³-hybridized carbons (Fsp3) is 0.500. The molecule has 0 aliphatic carbocycles. The third kappa shape index (κ3) is 5.30. The second-order valence-corrected chi connectivity index (χ2v) is 6.73. The van der Waals surface area contributed by atoms with Gasteiger partial charge in [0.15, 0.2) is 0 Å². The number of rotatable bonds is 7. The maximum Gasteiger partial charge on any atom is 0.239 e. The van der Waals surface area contributed by atoms with E-state index in [-0.39, 0.29) is 18.2 Å². The number of carbonyl (C=O) groups excluding carboxylic acids is 1. The SMILES string of the molecule is CCCCS(=O)(=O)NCC(=O)Nc1c(C)cccc1C. The van der Waals surface area contributed by atoms with E-state index in [9.17, 15) is 13.2 Å². The number of hydrogen-bond acceptors (Lipinski definition) is 3. The average molecular weight is 298 g/mol. The zero-order valence-electron chi connectivity index (χ0n) is 12.2. The lowest BCUT2D eigenvalue weighted by Gasteiger charge is -2.12. The number of benzene rings is 1. The minimum Gasteiger partial charge on any atom is -0.324 e. The highest BCUT2D eigenvalue weighted by Gasteiger charge is 2.12. The van der Waals surface area contributed by atoms with E-state index >= 15 is 0 Å². The highest BCUT2D eigenvalue weighted by molar-refractivity contribution is 7.89. The van der Waals surface area contributed by atoms with Gasteiger partial charge in [-0.1, -0.05) is 31.5 Å². The van der Waals surface area contributed by atoms with Crippen LogP contribution in [0, 0.1) is 13.8 Å². The fourth-order valence-electron chi connectivity index (χ4n) is 1.78. The number of unbranched alkanes of at least 4 members (excludes halogenated alkanes) is 1. The van der Waals surface area contributed by atoms with Crippen LogP contribution in [0.3, 0.4) is 0 Å². The number of para-hydroxylation sites is 1. The third-order valence-electron chi connectivity index (χ3n) is 2.96. The van der Waals surface area contributed by atoms with Crippen molar-refractivity contribution in [2.45, 2.75) is 33.6 Å². The molecule has 0 aromatic heterocycles. The Kier molecular flexibility index (Phi) is 6.16. The molecule has 0 radical (unpaired) electrons. The van der Waals surface area contributed by atoms with Crippen LogP contribution in [0.4, 0.5) is 5.69 Å². The molecule has 0 unspecified atom stereocenters. The van der Waals surface area contributed by atoms with Crippen LogP contribution in [0.15, 0.2) is 18.2 Å². The molecular weight excluding hydrogens is 276 g/mol. The first kappa shape index (κ1) is 16.7. The Balaban J connectivity index is 2.57. The lowest BCUT2D eigenvalue weighted by molar-refractivity contribution is -0.115. The van der Waals surface area contributed by atoms with E-state index < -0.39 is 10.0 Å². The summed E-state index contributed by atoms with van der Waals surface area (Å²) in [6.07, 6.45) is 1.39. The van der Waals surface area contributed by atoms with Crippen LogP contribution in [0.1, 0.15) is 30.9 Å². The number of nitrogens with one attached hydrogen (secondary N) is 2. The van der Waals surface area contributed by atoms with Crippen LogP contribution in [-0.4, -0.2) is 26.6 Å². The van der Waals surface area contributed by atoms with Crippen molar-refractivity contribution in [3.05, 3.63) is 29.3 Å². The topological polar surface area (TPSA) is 75.3 Å². The summed E-state index contributed by atoms with van der Waals surface area (Å²) in [5.74, 6) is -0.303. The third-order valence-corrected chi connectivity index (χ3v) is 4.38. The Morgan fingerprint density at radius 3 is 2.35 bits per heavy atom. The van der Waals surface area contributed by atoms with E-state index in [2.05, 4.69) is 10.0 Å². The van der Waals surface area contributed by atoms with Gasteiger partial charge in [-0.3, -0.25) is 4.79 Å². The summed E-state index contributed by atoms with van der Waals surface area (Å²) in [6.45, 7) is 5.48. The lowest BCUT2D eigenvalue weighted by atomic mass is 10.1. The number of anilines is 1. The van der Waals surface area contributed by atoms with Gasteiger partial charge in [-0.2, -0.15) is 0 Å². The van der Waals surface area contributed by atoms with Crippen molar-refractivity contribution in [2.24, 2.45) is 0 Å². The van der Waals surface area contributed by atoms with Gasteiger partial charge < -0.3 is 5.32 Å². The number of carbonyl (C=O) groups is 1. The molecule has 112 valence electrons. The van der Waals surface area contributed by atoms with E-state index in [1.807, 2.05) is 39.0 Å². The quantitative estimate of drug-likeness (QED) is 0.808. The normalized spacial score (nSPS) is 11.3. The molecule has 0 spiro atoms. The van der Waals surface area contributed by atoms with Crippen molar-refractivity contribution < 1.29 is 13.2 Å². The number of aryl methyl sites for hydroxylation is 2. The van der Waals surface area contributed by atoms with Gasteiger partial charge in [0, 0.05) is 5.69 Å². The van der Waals surface area contributed by atoms with Crippen LogP contribution >= 0.6 is 0 Å². The van der Waals surface area contributed by atoms with Crippen molar-refractivity contribution in [1.29, 1.82) is 0 Å². The van der Waals surface area contributed by atoms with Crippen molar-refractivity contribution >= 4 is 21.6 Å². The molecule has 6 heteroatoms. The van der Waals surface area contributed by atoms with Gasteiger partial charge in [-0.05, 0) is 31.4 Å². The molecule has 0 atom stereocenters. The zero-order valence-corrected chi connectivity index (χ0v) is 13.0. The number of amides is 1. The summed E-state index contributed by atoms with van der Waals surface area (Å²) in [5.41, 5.74) is 2.64. The molecule has 0 aliphatic rings. The fourth-order valence-corrected chi connectivity index (χ4v) is 2.94. The van der Waals surface area contributed by atoms with Crippen molar-refractivity contribution in [2.75, 3.05) is 17.6 Å². The Bertz CT molecular complexity index is 548. The molecule has 1 aromatic carbocycles. The maximum atomic E-state index is 11.8. The summed E-state index contributed by atoms with van der Waals surface area (Å²) < 4.78 is 25.5. The van der Waals surface area contributed by atoms with E-state index in [4.69, 9.17) is 0 Å². The van der Waals surface area contributed by atoms with Gasteiger partial charge in [0.25, 0.3) is 0 Å². The maximum absolute atomic E-state index is 11.8. The first-order valence-corrected chi connectivity index (χ1v) is 8.34. The van der Waals surface area contributed by atoms with Gasteiger partial charge in [-0.15, -0.1) is 0 Å². The molecule has 0 fully saturated rings. The molecular formula is C14H22N2O3S. The van der Waals surface area contributed by atoms with Gasteiger partial charge in [0.1, 0.15) is 0 Å².